The van der Waals surface area contributed by atoms with Crippen molar-refractivity contribution in [1.82, 2.24) is 0 Å². The van der Waals surface area contributed by atoms with Gasteiger partial charge in [-0.2, -0.15) is 0 Å². The molecule has 6 atom stereocenters. The van der Waals surface area contributed by atoms with Crippen molar-refractivity contribution in [3.63, 3.8) is 0 Å². The van der Waals surface area contributed by atoms with Crippen LogP contribution in [0.4, 0.5) is 0 Å². The SMILES string of the molecule is CC1CC(C)C2CC(C)CC(C)C2C1. The second-order valence-electron chi connectivity index (χ2n) is 6.44. The molecule has 2 aliphatic carbocycles. The second kappa shape index (κ2) is 3.87. The maximum atomic E-state index is 2.50. The predicted octanol–water partition coefficient (Wildman–Crippen LogP) is 4.35. The van der Waals surface area contributed by atoms with Crippen molar-refractivity contribution in [1.29, 1.82) is 0 Å². The highest BCUT2D eigenvalue weighted by Gasteiger charge is 2.40. The molecule has 0 saturated heterocycles. The molecule has 2 fully saturated rings. The molecule has 0 heteroatoms. The molecule has 14 heavy (non-hydrogen) atoms. The van der Waals surface area contributed by atoms with Gasteiger partial charge in [-0.05, 0) is 61.2 Å². The Labute approximate surface area is 89.5 Å². The quantitative estimate of drug-likeness (QED) is 0.538. The highest BCUT2D eigenvalue weighted by Crippen LogP contribution is 2.49. The van der Waals surface area contributed by atoms with Gasteiger partial charge in [0.05, 0.1) is 0 Å². The number of hydrogen-bond donors (Lipinski definition) is 0. The van der Waals surface area contributed by atoms with Gasteiger partial charge in [-0.3, -0.25) is 0 Å². The van der Waals surface area contributed by atoms with E-state index in [1.54, 1.807) is 0 Å². The molecule has 0 aromatic heterocycles. The van der Waals surface area contributed by atoms with E-state index in [0.717, 1.165) is 35.5 Å². The summed E-state index contributed by atoms with van der Waals surface area (Å²) >= 11 is 0. The van der Waals surface area contributed by atoms with Crippen molar-refractivity contribution in [2.45, 2.75) is 53.4 Å². The van der Waals surface area contributed by atoms with Gasteiger partial charge in [0.25, 0.3) is 0 Å². The Morgan fingerprint density at radius 1 is 0.571 bits per heavy atom. The largest absolute Gasteiger partial charge is 0.0625 e. The molecule has 0 amide bonds. The highest BCUT2D eigenvalue weighted by atomic mass is 14.5. The van der Waals surface area contributed by atoms with Gasteiger partial charge in [0.2, 0.25) is 0 Å². The molecule has 0 radical (unpaired) electrons. The Morgan fingerprint density at radius 2 is 0.929 bits per heavy atom. The number of fused-ring (bicyclic) bond motifs is 1. The van der Waals surface area contributed by atoms with E-state index in [2.05, 4.69) is 27.7 Å². The van der Waals surface area contributed by atoms with Crippen LogP contribution in [0.3, 0.4) is 0 Å². The molecule has 2 saturated carbocycles. The Hall–Kier alpha value is 0. The lowest BCUT2D eigenvalue weighted by Crippen LogP contribution is -2.39. The minimum absolute atomic E-state index is 0.988. The topological polar surface area (TPSA) is 0 Å². The number of rotatable bonds is 0. The first-order chi connectivity index (χ1) is 6.58. The molecule has 0 aromatic carbocycles. The van der Waals surface area contributed by atoms with Gasteiger partial charge >= 0.3 is 0 Å². The predicted molar refractivity (Wildman–Crippen MR) is 62.1 cm³/mol. The van der Waals surface area contributed by atoms with E-state index in [1.807, 2.05) is 0 Å². The first-order valence-electron chi connectivity index (χ1n) is 6.58. The van der Waals surface area contributed by atoms with E-state index in [-0.39, 0.29) is 0 Å². The smallest absolute Gasteiger partial charge is 0.0355 e. The molecule has 0 aromatic rings. The molecule has 0 aliphatic heterocycles. The second-order valence-corrected chi connectivity index (χ2v) is 6.44. The highest BCUT2D eigenvalue weighted by molar-refractivity contribution is 4.90. The van der Waals surface area contributed by atoms with Crippen LogP contribution in [0.1, 0.15) is 53.4 Å². The first kappa shape index (κ1) is 10.5. The molecule has 2 rings (SSSR count). The van der Waals surface area contributed by atoms with E-state index >= 15 is 0 Å². The van der Waals surface area contributed by atoms with Crippen LogP contribution in [-0.4, -0.2) is 0 Å². The standard InChI is InChI=1S/C14H26/c1-9-5-11(3)14-8-10(2)6-12(4)13(14)7-9/h9-14H,5-8H2,1-4H3. The lowest BCUT2D eigenvalue weighted by Gasteiger charge is -2.48. The summed E-state index contributed by atoms with van der Waals surface area (Å²) in [6, 6.07) is 0. The van der Waals surface area contributed by atoms with Crippen LogP contribution >= 0.6 is 0 Å². The normalized spacial score (nSPS) is 54.0. The molecule has 0 spiro atoms. The summed E-state index contributed by atoms with van der Waals surface area (Å²) in [4.78, 5) is 0. The molecular weight excluding hydrogens is 168 g/mol. The zero-order valence-electron chi connectivity index (χ0n) is 10.3. The van der Waals surface area contributed by atoms with Crippen molar-refractivity contribution in [3.8, 4) is 0 Å². The van der Waals surface area contributed by atoms with Gasteiger partial charge < -0.3 is 0 Å². The van der Waals surface area contributed by atoms with E-state index in [9.17, 15) is 0 Å². The van der Waals surface area contributed by atoms with E-state index in [0.29, 0.717) is 0 Å². The Kier molecular flexibility index (Phi) is 2.91. The third-order valence-corrected chi connectivity index (χ3v) is 4.91. The lowest BCUT2D eigenvalue weighted by atomic mass is 9.58. The lowest BCUT2D eigenvalue weighted by molar-refractivity contribution is 0.0220. The van der Waals surface area contributed by atoms with Crippen LogP contribution in [-0.2, 0) is 0 Å². The van der Waals surface area contributed by atoms with Crippen LogP contribution in [0.5, 0.6) is 0 Å². The Balaban J connectivity index is 2.10. The summed E-state index contributed by atoms with van der Waals surface area (Å²) < 4.78 is 0. The molecule has 82 valence electrons. The average molecular weight is 194 g/mol. The third-order valence-electron chi connectivity index (χ3n) is 4.91. The fourth-order valence-corrected chi connectivity index (χ4v) is 4.40. The van der Waals surface area contributed by atoms with Gasteiger partial charge in [0.15, 0.2) is 0 Å². The molecule has 6 unspecified atom stereocenters. The van der Waals surface area contributed by atoms with Gasteiger partial charge in [-0.25, -0.2) is 0 Å². The van der Waals surface area contributed by atoms with Crippen molar-refractivity contribution in [2.75, 3.05) is 0 Å². The third kappa shape index (κ3) is 1.85. The zero-order valence-corrected chi connectivity index (χ0v) is 10.3. The summed E-state index contributed by atoms with van der Waals surface area (Å²) in [5.74, 6) is 6.09. The molecule has 0 heterocycles. The summed E-state index contributed by atoms with van der Waals surface area (Å²) in [7, 11) is 0. The summed E-state index contributed by atoms with van der Waals surface area (Å²) in [5, 5.41) is 0. The van der Waals surface area contributed by atoms with E-state index in [1.165, 1.54) is 25.7 Å². The van der Waals surface area contributed by atoms with Crippen LogP contribution in [0.2, 0.25) is 0 Å². The van der Waals surface area contributed by atoms with Crippen molar-refractivity contribution >= 4 is 0 Å². The van der Waals surface area contributed by atoms with Crippen LogP contribution in [0.25, 0.3) is 0 Å². The summed E-state index contributed by atoms with van der Waals surface area (Å²) in [6.45, 7) is 9.91. The van der Waals surface area contributed by atoms with Gasteiger partial charge in [0.1, 0.15) is 0 Å². The maximum Gasteiger partial charge on any atom is -0.0355 e. The zero-order chi connectivity index (χ0) is 10.3. The first-order valence-corrected chi connectivity index (χ1v) is 6.58. The minimum Gasteiger partial charge on any atom is -0.0625 e. The van der Waals surface area contributed by atoms with Gasteiger partial charge in [0, 0.05) is 0 Å². The van der Waals surface area contributed by atoms with E-state index < -0.39 is 0 Å². The maximum absolute atomic E-state index is 2.50. The summed E-state index contributed by atoms with van der Waals surface area (Å²) in [6.07, 6.45) is 6.01. The fraction of sp³-hybridized carbons (Fsp3) is 1.00. The van der Waals surface area contributed by atoms with Gasteiger partial charge in [-0.1, -0.05) is 27.7 Å². The van der Waals surface area contributed by atoms with E-state index in [4.69, 9.17) is 0 Å². The van der Waals surface area contributed by atoms with Crippen molar-refractivity contribution in [3.05, 3.63) is 0 Å². The van der Waals surface area contributed by atoms with Crippen molar-refractivity contribution < 1.29 is 0 Å². The molecule has 0 N–H and O–H groups in total. The molecule has 0 bridgehead atoms. The van der Waals surface area contributed by atoms with Crippen LogP contribution in [0.15, 0.2) is 0 Å². The van der Waals surface area contributed by atoms with Crippen molar-refractivity contribution in [2.24, 2.45) is 35.5 Å². The minimum atomic E-state index is 0.988. The summed E-state index contributed by atoms with van der Waals surface area (Å²) in [5.41, 5.74) is 0. The molecule has 2 aliphatic rings. The fourth-order valence-electron chi connectivity index (χ4n) is 4.40. The molecular formula is C14H26. The number of hydrogen-bond acceptors (Lipinski definition) is 0. The van der Waals surface area contributed by atoms with Crippen LogP contribution in [0, 0.1) is 35.5 Å². The molecule has 0 nitrogen and oxygen atoms in total. The monoisotopic (exact) mass is 194 g/mol. The Morgan fingerprint density at radius 3 is 1.29 bits per heavy atom. The van der Waals surface area contributed by atoms with Gasteiger partial charge in [-0.15, -0.1) is 0 Å². The van der Waals surface area contributed by atoms with Crippen LogP contribution < -0.4 is 0 Å². The Bertz CT molecular complexity index is 174. The average Bonchev–Trinajstić information content (AvgIpc) is 2.07.